The smallest absolute Gasteiger partial charge is 0.273 e. The topological polar surface area (TPSA) is 84.3 Å². The van der Waals surface area contributed by atoms with Gasteiger partial charge in [0.25, 0.3) is 5.91 Å². The van der Waals surface area contributed by atoms with Crippen LogP contribution < -0.4 is 10.1 Å². The molecule has 5 rings (SSSR count). The van der Waals surface area contributed by atoms with E-state index in [1.165, 1.54) is 0 Å². The standard InChI is InChI=1S/C22H17N5O2S/c1-29-17-7-3-5-15(11-17)18-12-19(26-25-18)21(28)23-16-6-2-4-14(10-16)20-13-27-8-9-30-22(27)24-20/h2-13H,1H3,(H,23,28)(H,25,26). The van der Waals surface area contributed by atoms with Gasteiger partial charge in [-0.25, -0.2) is 4.98 Å². The van der Waals surface area contributed by atoms with Gasteiger partial charge in [0.05, 0.1) is 18.5 Å². The maximum atomic E-state index is 12.7. The molecule has 0 aliphatic carbocycles. The van der Waals surface area contributed by atoms with Crippen LogP contribution in [0, 0.1) is 0 Å². The van der Waals surface area contributed by atoms with Crippen molar-refractivity contribution in [2.75, 3.05) is 12.4 Å². The summed E-state index contributed by atoms with van der Waals surface area (Å²) in [6.45, 7) is 0. The van der Waals surface area contributed by atoms with Crippen LogP contribution >= 0.6 is 11.3 Å². The average Bonchev–Trinajstić information content (AvgIpc) is 3.50. The Hall–Kier alpha value is -3.91. The third-order valence-corrected chi connectivity index (χ3v) is 5.47. The molecule has 0 aliphatic rings. The average molecular weight is 415 g/mol. The van der Waals surface area contributed by atoms with Gasteiger partial charge < -0.3 is 10.1 Å². The highest BCUT2D eigenvalue weighted by molar-refractivity contribution is 7.15. The van der Waals surface area contributed by atoms with Crippen molar-refractivity contribution >= 4 is 27.9 Å². The Morgan fingerprint density at radius 1 is 1.10 bits per heavy atom. The first-order valence-electron chi connectivity index (χ1n) is 9.23. The first-order valence-corrected chi connectivity index (χ1v) is 10.1. The van der Waals surface area contributed by atoms with Gasteiger partial charge >= 0.3 is 0 Å². The molecule has 0 saturated heterocycles. The molecule has 148 valence electrons. The van der Waals surface area contributed by atoms with E-state index >= 15 is 0 Å². The van der Waals surface area contributed by atoms with Crippen molar-refractivity contribution in [3.8, 4) is 28.3 Å². The largest absolute Gasteiger partial charge is 0.497 e. The number of amides is 1. The number of thiazole rings is 1. The number of anilines is 1. The molecule has 3 heterocycles. The predicted molar refractivity (Wildman–Crippen MR) is 117 cm³/mol. The number of rotatable bonds is 5. The molecule has 1 amide bonds. The molecule has 30 heavy (non-hydrogen) atoms. The van der Waals surface area contributed by atoms with Gasteiger partial charge in [0, 0.05) is 34.6 Å². The summed E-state index contributed by atoms with van der Waals surface area (Å²) in [6, 6.07) is 16.9. The fraction of sp³-hybridized carbons (Fsp3) is 0.0455. The van der Waals surface area contributed by atoms with Crippen LogP contribution in [0.1, 0.15) is 10.5 Å². The van der Waals surface area contributed by atoms with E-state index in [4.69, 9.17) is 4.74 Å². The summed E-state index contributed by atoms with van der Waals surface area (Å²) in [6.07, 6.45) is 3.95. The molecule has 2 aromatic carbocycles. The molecule has 0 atom stereocenters. The second-order valence-electron chi connectivity index (χ2n) is 6.65. The number of carbonyl (C=O) groups excluding carboxylic acids is 1. The van der Waals surface area contributed by atoms with Crippen LogP contribution in [0.3, 0.4) is 0 Å². The zero-order valence-electron chi connectivity index (χ0n) is 16.0. The Labute approximate surface area is 176 Å². The summed E-state index contributed by atoms with van der Waals surface area (Å²) in [5.41, 5.74) is 4.40. The van der Waals surface area contributed by atoms with Crippen LogP contribution in [0.15, 0.2) is 72.4 Å². The maximum Gasteiger partial charge on any atom is 0.273 e. The van der Waals surface area contributed by atoms with Gasteiger partial charge in [0.1, 0.15) is 11.4 Å². The van der Waals surface area contributed by atoms with Crippen molar-refractivity contribution in [2.24, 2.45) is 0 Å². The number of ether oxygens (including phenoxy) is 1. The first kappa shape index (κ1) is 18.1. The lowest BCUT2D eigenvalue weighted by Crippen LogP contribution is -2.12. The highest BCUT2D eigenvalue weighted by Gasteiger charge is 2.13. The van der Waals surface area contributed by atoms with Crippen LogP contribution in [-0.2, 0) is 0 Å². The lowest BCUT2D eigenvalue weighted by Gasteiger charge is -2.05. The molecule has 0 unspecified atom stereocenters. The number of H-pyrrole nitrogens is 1. The highest BCUT2D eigenvalue weighted by atomic mass is 32.1. The molecule has 2 N–H and O–H groups in total. The molecule has 0 aliphatic heterocycles. The minimum absolute atomic E-state index is 0.264. The lowest BCUT2D eigenvalue weighted by molar-refractivity contribution is 0.102. The molecule has 0 spiro atoms. The number of nitrogens with zero attached hydrogens (tertiary/aromatic N) is 3. The Morgan fingerprint density at radius 2 is 1.93 bits per heavy atom. The van der Waals surface area contributed by atoms with Crippen molar-refractivity contribution in [3.05, 3.63) is 78.1 Å². The molecular formula is C22H17N5O2S. The van der Waals surface area contributed by atoms with Crippen molar-refractivity contribution in [1.82, 2.24) is 19.6 Å². The zero-order valence-corrected chi connectivity index (χ0v) is 16.8. The monoisotopic (exact) mass is 415 g/mol. The van der Waals surface area contributed by atoms with Crippen molar-refractivity contribution in [2.45, 2.75) is 0 Å². The molecule has 5 aromatic rings. The van der Waals surface area contributed by atoms with Crippen molar-refractivity contribution < 1.29 is 9.53 Å². The second-order valence-corrected chi connectivity index (χ2v) is 7.53. The minimum atomic E-state index is -0.264. The quantitative estimate of drug-likeness (QED) is 0.435. The van der Waals surface area contributed by atoms with E-state index in [-0.39, 0.29) is 5.91 Å². The summed E-state index contributed by atoms with van der Waals surface area (Å²) in [7, 11) is 1.61. The number of nitrogens with one attached hydrogen (secondary N) is 2. The summed E-state index contributed by atoms with van der Waals surface area (Å²) in [4.78, 5) is 18.3. The fourth-order valence-corrected chi connectivity index (χ4v) is 3.89. The molecule has 0 radical (unpaired) electrons. The molecule has 0 saturated carbocycles. The van der Waals surface area contributed by atoms with Crippen LogP contribution in [0.2, 0.25) is 0 Å². The van der Waals surface area contributed by atoms with Gasteiger partial charge in [-0.1, -0.05) is 24.3 Å². The molecule has 3 aromatic heterocycles. The number of imidazole rings is 1. The number of hydrogen-bond donors (Lipinski definition) is 2. The van der Waals surface area contributed by atoms with E-state index in [0.29, 0.717) is 17.1 Å². The normalized spacial score (nSPS) is 11.0. The third-order valence-electron chi connectivity index (χ3n) is 4.70. The van der Waals surface area contributed by atoms with Gasteiger partial charge in [-0.3, -0.25) is 14.3 Å². The Kier molecular flexibility index (Phi) is 4.53. The summed E-state index contributed by atoms with van der Waals surface area (Å²) >= 11 is 1.58. The van der Waals surface area contributed by atoms with E-state index in [0.717, 1.165) is 27.5 Å². The number of methoxy groups -OCH3 is 1. The zero-order chi connectivity index (χ0) is 20.5. The number of benzene rings is 2. The van der Waals surface area contributed by atoms with E-state index < -0.39 is 0 Å². The summed E-state index contributed by atoms with van der Waals surface area (Å²) in [5, 5.41) is 12.0. The Bertz CT molecular complexity index is 1320. The van der Waals surface area contributed by atoms with Gasteiger partial charge in [-0.05, 0) is 30.3 Å². The first-order chi connectivity index (χ1) is 14.7. The molecule has 0 fully saturated rings. The van der Waals surface area contributed by atoms with E-state index in [2.05, 4.69) is 20.5 Å². The lowest BCUT2D eigenvalue weighted by atomic mass is 10.1. The Balaban J connectivity index is 1.35. The van der Waals surface area contributed by atoms with Crippen molar-refractivity contribution in [3.63, 3.8) is 0 Å². The van der Waals surface area contributed by atoms with Crippen LogP contribution in [0.5, 0.6) is 5.75 Å². The number of aromatic nitrogens is 4. The van der Waals surface area contributed by atoms with Crippen LogP contribution in [0.25, 0.3) is 27.5 Å². The van der Waals surface area contributed by atoms with E-state index in [1.807, 2.05) is 70.7 Å². The van der Waals surface area contributed by atoms with Gasteiger partial charge in [-0.15, -0.1) is 11.3 Å². The van der Waals surface area contributed by atoms with Gasteiger partial charge in [-0.2, -0.15) is 5.10 Å². The van der Waals surface area contributed by atoms with Crippen LogP contribution in [-0.4, -0.2) is 32.6 Å². The minimum Gasteiger partial charge on any atom is -0.497 e. The molecule has 8 heteroatoms. The van der Waals surface area contributed by atoms with Crippen molar-refractivity contribution in [1.29, 1.82) is 0 Å². The van der Waals surface area contributed by atoms with Crippen LogP contribution in [0.4, 0.5) is 5.69 Å². The van der Waals surface area contributed by atoms with Gasteiger partial charge in [0.2, 0.25) is 0 Å². The van der Waals surface area contributed by atoms with E-state index in [9.17, 15) is 4.79 Å². The molecular weight excluding hydrogens is 398 g/mol. The number of hydrogen-bond acceptors (Lipinski definition) is 5. The fourth-order valence-electron chi connectivity index (χ4n) is 3.19. The summed E-state index contributed by atoms with van der Waals surface area (Å²) < 4.78 is 7.23. The maximum absolute atomic E-state index is 12.7. The number of fused-ring (bicyclic) bond motifs is 1. The predicted octanol–water partition coefficient (Wildman–Crippen LogP) is 4.71. The second kappa shape index (κ2) is 7.49. The Morgan fingerprint density at radius 3 is 2.77 bits per heavy atom. The molecule has 0 bridgehead atoms. The third kappa shape index (κ3) is 3.44. The number of aromatic amines is 1. The molecule has 7 nitrogen and oxygen atoms in total. The highest BCUT2D eigenvalue weighted by Crippen LogP contribution is 2.25. The summed E-state index contributed by atoms with van der Waals surface area (Å²) in [5.74, 6) is 0.470. The van der Waals surface area contributed by atoms with E-state index in [1.54, 1.807) is 24.5 Å². The SMILES string of the molecule is COc1cccc(-c2cc(C(=O)Nc3cccc(-c4cn5ccsc5n4)c3)[nH]n2)c1. The van der Waals surface area contributed by atoms with Gasteiger partial charge in [0.15, 0.2) is 4.96 Å². The number of carbonyl (C=O) groups is 1.